The zero-order chi connectivity index (χ0) is 27.9. The Morgan fingerprint density at radius 3 is 2.54 bits per heavy atom. The number of piperazine rings is 1. The summed E-state index contributed by atoms with van der Waals surface area (Å²) < 4.78 is 5.73. The molecular formula is C29H34N8O2. The number of hydrogen-bond donors (Lipinski definition) is 3. The molecule has 2 aromatic carbocycles. The first-order valence-corrected chi connectivity index (χ1v) is 12.8. The Kier molecular flexibility index (Phi) is 8.63. The fourth-order valence-electron chi connectivity index (χ4n) is 4.43. The first kappa shape index (κ1) is 27.4. The Morgan fingerprint density at radius 1 is 1.13 bits per heavy atom. The highest BCUT2D eigenvalue weighted by molar-refractivity contribution is 6.02. The van der Waals surface area contributed by atoms with Gasteiger partial charge in [-0.2, -0.15) is 10.2 Å². The van der Waals surface area contributed by atoms with Gasteiger partial charge in [0.1, 0.15) is 17.6 Å². The van der Waals surface area contributed by atoms with Crippen LogP contribution in [0.25, 0.3) is 0 Å². The summed E-state index contributed by atoms with van der Waals surface area (Å²) in [5.41, 5.74) is 4.08. The summed E-state index contributed by atoms with van der Waals surface area (Å²) in [4.78, 5) is 26.1. The molecule has 0 radical (unpaired) electrons. The van der Waals surface area contributed by atoms with Gasteiger partial charge in [-0.3, -0.25) is 9.69 Å². The lowest BCUT2D eigenvalue weighted by molar-refractivity contribution is -0.111. The van der Waals surface area contributed by atoms with Crippen LogP contribution in [0.2, 0.25) is 0 Å². The first-order chi connectivity index (χ1) is 18.8. The molecule has 0 unspecified atom stereocenters. The molecule has 1 aliphatic rings. The van der Waals surface area contributed by atoms with Gasteiger partial charge in [0.15, 0.2) is 0 Å². The van der Waals surface area contributed by atoms with Crippen LogP contribution in [-0.4, -0.2) is 60.1 Å². The Labute approximate surface area is 229 Å². The van der Waals surface area contributed by atoms with Crippen LogP contribution in [0.5, 0.6) is 5.75 Å². The second kappa shape index (κ2) is 12.3. The van der Waals surface area contributed by atoms with Crippen molar-refractivity contribution < 1.29 is 9.53 Å². The smallest absolute Gasteiger partial charge is 0.247 e. The molecule has 202 valence electrons. The number of methoxy groups -OCH3 is 1. The summed E-state index contributed by atoms with van der Waals surface area (Å²) >= 11 is 0. The van der Waals surface area contributed by atoms with E-state index in [1.807, 2.05) is 37.3 Å². The Morgan fingerprint density at radius 2 is 1.87 bits per heavy atom. The van der Waals surface area contributed by atoms with E-state index in [2.05, 4.69) is 62.2 Å². The molecule has 1 aromatic heterocycles. The van der Waals surface area contributed by atoms with E-state index in [9.17, 15) is 10.1 Å². The number of rotatable bonds is 9. The van der Waals surface area contributed by atoms with Crippen molar-refractivity contribution in [2.45, 2.75) is 26.8 Å². The first-order valence-electron chi connectivity index (χ1n) is 12.8. The number of carbonyl (C=O) groups excluding carboxylic acids is 1. The van der Waals surface area contributed by atoms with Crippen LogP contribution in [0, 0.1) is 18.3 Å². The third-order valence-electron chi connectivity index (χ3n) is 6.67. The molecule has 2 heterocycles. The van der Waals surface area contributed by atoms with Gasteiger partial charge in [-0.1, -0.05) is 18.7 Å². The minimum absolute atomic E-state index is 0.303. The van der Waals surface area contributed by atoms with Gasteiger partial charge < -0.3 is 25.6 Å². The fourth-order valence-corrected chi connectivity index (χ4v) is 4.43. The number of carbonyl (C=O) groups is 1. The number of anilines is 6. The lowest BCUT2D eigenvalue weighted by atomic mass is 10.1. The molecule has 1 amide bonds. The van der Waals surface area contributed by atoms with Crippen molar-refractivity contribution in [3.63, 3.8) is 0 Å². The normalized spacial score (nSPS) is 13.5. The van der Waals surface area contributed by atoms with E-state index in [1.165, 1.54) is 6.08 Å². The fraction of sp³-hybridized carbons (Fsp3) is 0.310. The number of nitrogens with zero attached hydrogens (tertiary/aromatic N) is 5. The van der Waals surface area contributed by atoms with Crippen LogP contribution >= 0.6 is 0 Å². The molecule has 0 saturated carbocycles. The van der Waals surface area contributed by atoms with Gasteiger partial charge in [-0.05, 0) is 45.0 Å². The predicted octanol–water partition coefficient (Wildman–Crippen LogP) is 4.81. The van der Waals surface area contributed by atoms with Crippen LogP contribution in [0.15, 0.2) is 55.3 Å². The Balaban J connectivity index is 1.65. The van der Waals surface area contributed by atoms with Gasteiger partial charge >= 0.3 is 0 Å². The number of aryl methyl sites for hydroxylation is 1. The number of amides is 1. The van der Waals surface area contributed by atoms with Crippen molar-refractivity contribution in [3.05, 3.63) is 66.4 Å². The topological polar surface area (TPSA) is 118 Å². The van der Waals surface area contributed by atoms with Gasteiger partial charge in [0.25, 0.3) is 0 Å². The number of nitrogens with one attached hydrogen (secondary N) is 3. The van der Waals surface area contributed by atoms with Crippen molar-refractivity contribution in [1.29, 1.82) is 5.26 Å². The average Bonchev–Trinajstić information content (AvgIpc) is 2.95. The Hall–Kier alpha value is -4.62. The summed E-state index contributed by atoms with van der Waals surface area (Å²) in [7, 11) is 1.60. The summed E-state index contributed by atoms with van der Waals surface area (Å²) in [5, 5.41) is 18.8. The minimum atomic E-state index is -0.303. The van der Waals surface area contributed by atoms with E-state index in [-0.39, 0.29) is 5.91 Å². The van der Waals surface area contributed by atoms with E-state index in [0.717, 1.165) is 37.4 Å². The van der Waals surface area contributed by atoms with E-state index in [0.29, 0.717) is 46.2 Å². The minimum Gasteiger partial charge on any atom is -0.494 e. The van der Waals surface area contributed by atoms with Crippen LogP contribution in [0.4, 0.5) is 34.5 Å². The highest BCUT2D eigenvalue weighted by Crippen LogP contribution is 2.39. The van der Waals surface area contributed by atoms with E-state index in [4.69, 9.17) is 4.74 Å². The monoisotopic (exact) mass is 526 g/mol. The quantitative estimate of drug-likeness (QED) is 0.338. The van der Waals surface area contributed by atoms with E-state index < -0.39 is 0 Å². The molecule has 1 fully saturated rings. The molecule has 0 atom stereocenters. The molecule has 10 heteroatoms. The SMILES string of the molecule is C=CC(=O)Nc1cc(Nc2ncc(C)c(Nc3ccccc3C#N)n2)c(OC)cc1N1CCN(C(C)C)CC1. The number of aromatic nitrogens is 2. The average molecular weight is 527 g/mol. The Bertz CT molecular complexity index is 1390. The third-order valence-corrected chi connectivity index (χ3v) is 6.67. The summed E-state index contributed by atoms with van der Waals surface area (Å²) in [6.45, 7) is 13.4. The largest absolute Gasteiger partial charge is 0.494 e. The molecule has 1 saturated heterocycles. The van der Waals surface area contributed by atoms with Crippen LogP contribution in [0.1, 0.15) is 25.0 Å². The van der Waals surface area contributed by atoms with Crippen molar-refractivity contribution in [1.82, 2.24) is 14.9 Å². The predicted molar refractivity (Wildman–Crippen MR) is 155 cm³/mol. The molecular weight excluding hydrogens is 492 g/mol. The zero-order valence-corrected chi connectivity index (χ0v) is 22.8. The summed E-state index contributed by atoms with van der Waals surface area (Å²) in [5.74, 6) is 1.17. The van der Waals surface area contributed by atoms with E-state index >= 15 is 0 Å². The van der Waals surface area contributed by atoms with Gasteiger partial charge in [0.2, 0.25) is 11.9 Å². The molecule has 0 bridgehead atoms. The van der Waals surface area contributed by atoms with Gasteiger partial charge in [-0.15, -0.1) is 0 Å². The number of nitriles is 1. The van der Waals surface area contributed by atoms with Crippen molar-refractivity contribution in [3.8, 4) is 11.8 Å². The van der Waals surface area contributed by atoms with Gasteiger partial charge in [0.05, 0.1) is 35.4 Å². The van der Waals surface area contributed by atoms with Gasteiger partial charge in [-0.25, -0.2) is 4.98 Å². The maximum Gasteiger partial charge on any atom is 0.247 e. The third kappa shape index (κ3) is 6.45. The number of para-hydroxylation sites is 1. The molecule has 1 aliphatic heterocycles. The summed E-state index contributed by atoms with van der Waals surface area (Å²) in [6.07, 6.45) is 2.94. The lowest BCUT2D eigenvalue weighted by Gasteiger charge is -2.39. The molecule has 0 spiro atoms. The second-order valence-corrected chi connectivity index (χ2v) is 9.51. The molecule has 4 rings (SSSR count). The highest BCUT2D eigenvalue weighted by atomic mass is 16.5. The van der Waals surface area contributed by atoms with Gasteiger partial charge in [0, 0.05) is 50.0 Å². The van der Waals surface area contributed by atoms with Crippen LogP contribution in [0.3, 0.4) is 0 Å². The molecule has 0 aliphatic carbocycles. The van der Waals surface area contributed by atoms with Crippen molar-refractivity contribution >= 4 is 40.4 Å². The zero-order valence-electron chi connectivity index (χ0n) is 22.8. The summed E-state index contributed by atoms with van der Waals surface area (Å²) in [6, 6.07) is 13.6. The van der Waals surface area contributed by atoms with Crippen LogP contribution in [-0.2, 0) is 4.79 Å². The van der Waals surface area contributed by atoms with E-state index in [1.54, 1.807) is 19.4 Å². The number of hydrogen-bond acceptors (Lipinski definition) is 9. The highest BCUT2D eigenvalue weighted by Gasteiger charge is 2.23. The van der Waals surface area contributed by atoms with Crippen LogP contribution < -0.4 is 25.6 Å². The molecule has 3 aromatic rings. The van der Waals surface area contributed by atoms with Crippen molar-refractivity contribution in [2.24, 2.45) is 0 Å². The second-order valence-electron chi connectivity index (χ2n) is 9.51. The molecule has 3 N–H and O–H groups in total. The van der Waals surface area contributed by atoms with Crippen molar-refractivity contribution in [2.75, 3.05) is 54.1 Å². The maximum atomic E-state index is 12.3. The number of ether oxygens (including phenoxy) is 1. The molecule has 10 nitrogen and oxygen atoms in total. The lowest BCUT2D eigenvalue weighted by Crippen LogP contribution is -2.49. The maximum absolute atomic E-state index is 12.3. The number of benzene rings is 2. The molecule has 39 heavy (non-hydrogen) atoms. The standard InChI is InChI=1S/C29H34N8O2/c1-6-27(38)32-23-15-24(26(39-5)16-25(23)37-13-11-36(12-14-37)19(2)3)34-29-31-18-20(4)28(35-29)33-22-10-8-7-9-21(22)17-30/h6-10,15-16,18-19H,1,11-14H2,2-5H3,(H,32,38)(H2,31,33,34,35).